The molecule has 0 aromatic carbocycles. The Morgan fingerprint density at radius 1 is 1.47 bits per heavy atom. The average molecular weight is 248 g/mol. The predicted octanol–water partition coefficient (Wildman–Crippen LogP) is 3.11. The lowest BCUT2D eigenvalue weighted by atomic mass is 10.4. The molecule has 1 unspecified atom stereocenters. The molecule has 0 radical (unpaired) electrons. The maximum Gasteiger partial charge on any atom is 0.138 e. The molecule has 1 aromatic heterocycles. The van der Waals surface area contributed by atoms with Crippen LogP contribution in [0.1, 0.15) is 39.1 Å². The number of alkyl halides is 1. The van der Waals surface area contributed by atoms with E-state index in [2.05, 4.69) is 30.9 Å². The normalized spacial score (nSPS) is 13.4. The summed E-state index contributed by atoms with van der Waals surface area (Å²) in [4.78, 5) is 4.27. The fourth-order valence-electron chi connectivity index (χ4n) is 1.26. The van der Waals surface area contributed by atoms with Gasteiger partial charge < -0.3 is 0 Å². The van der Waals surface area contributed by atoms with Crippen LogP contribution in [0, 0.1) is 0 Å². The van der Waals surface area contributed by atoms with Crippen LogP contribution < -0.4 is 0 Å². The van der Waals surface area contributed by atoms with Crippen molar-refractivity contribution in [3.05, 3.63) is 12.2 Å². The lowest BCUT2D eigenvalue weighted by Crippen LogP contribution is -2.08. The molecule has 0 fully saturated rings. The van der Waals surface area contributed by atoms with E-state index in [0.29, 0.717) is 11.3 Å². The summed E-state index contributed by atoms with van der Waals surface area (Å²) in [6, 6.07) is 0.381. The van der Waals surface area contributed by atoms with Crippen LogP contribution in [-0.4, -0.2) is 25.9 Å². The van der Waals surface area contributed by atoms with Gasteiger partial charge in [0.2, 0.25) is 0 Å². The van der Waals surface area contributed by atoms with Crippen molar-refractivity contribution in [2.24, 2.45) is 0 Å². The molecule has 1 rings (SSSR count). The quantitative estimate of drug-likeness (QED) is 0.724. The van der Waals surface area contributed by atoms with Gasteiger partial charge in [-0.15, -0.1) is 11.6 Å². The van der Waals surface area contributed by atoms with Crippen LogP contribution in [0.25, 0.3) is 0 Å². The number of halogens is 1. The number of thioether (sulfide) groups is 1. The third-order valence-electron chi connectivity index (χ3n) is 2.15. The highest BCUT2D eigenvalue weighted by molar-refractivity contribution is 7.99. The van der Waals surface area contributed by atoms with Crippen LogP contribution in [0.4, 0.5) is 0 Å². The highest BCUT2D eigenvalue weighted by atomic mass is 35.5. The first kappa shape index (κ1) is 12.8. The summed E-state index contributed by atoms with van der Waals surface area (Å²) in [5.74, 6) is 2.69. The van der Waals surface area contributed by atoms with E-state index < -0.39 is 0 Å². The summed E-state index contributed by atoms with van der Waals surface area (Å²) < 4.78 is 1.97. The summed E-state index contributed by atoms with van der Waals surface area (Å²) in [6.45, 7) is 6.43. The number of rotatable bonds is 6. The molecule has 5 heteroatoms. The van der Waals surface area contributed by atoms with Crippen LogP contribution in [0.3, 0.4) is 0 Å². The van der Waals surface area contributed by atoms with Crippen molar-refractivity contribution >= 4 is 23.4 Å². The highest BCUT2D eigenvalue weighted by Crippen LogP contribution is 2.20. The number of aromatic nitrogens is 3. The Bertz CT molecular complexity index is 288. The van der Waals surface area contributed by atoms with Crippen molar-refractivity contribution in [3.8, 4) is 0 Å². The Labute approximate surface area is 101 Å². The van der Waals surface area contributed by atoms with Gasteiger partial charge in [-0.2, -0.15) is 16.9 Å². The molecule has 1 atom stereocenters. The van der Waals surface area contributed by atoms with Crippen LogP contribution in [0.2, 0.25) is 0 Å². The molecule has 0 bridgehead atoms. The topological polar surface area (TPSA) is 30.7 Å². The molecule has 86 valence electrons. The Morgan fingerprint density at radius 2 is 2.20 bits per heavy atom. The van der Waals surface area contributed by atoms with Gasteiger partial charge in [-0.3, -0.25) is 0 Å². The van der Waals surface area contributed by atoms with E-state index in [4.69, 9.17) is 11.6 Å². The first-order valence-corrected chi connectivity index (χ1v) is 6.79. The summed E-state index contributed by atoms with van der Waals surface area (Å²) in [6.07, 6.45) is 2.67. The predicted molar refractivity (Wildman–Crippen MR) is 66.5 cm³/mol. The second-order valence-electron chi connectivity index (χ2n) is 3.81. The smallest absolute Gasteiger partial charge is 0.138 e. The van der Waals surface area contributed by atoms with E-state index in [1.165, 1.54) is 0 Å². The Balaban J connectivity index is 2.46. The SMILES string of the molecule is CC(CCCl)SCc1ncnn1C(C)C. The molecule has 0 saturated heterocycles. The third-order valence-corrected chi connectivity index (χ3v) is 3.60. The maximum absolute atomic E-state index is 5.69. The molecule has 0 spiro atoms. The lowest BCUT2D eigenvalue weighted by molar-refractivity contribution is 0.514. The van der Waals surface area contributed by atoms with Gasteiger partial charge >= 0.3 is 0 Å². The average Bonchev–Trinajstić information content (AvgIpc) is 2.63. The summed E-state index contributed by atoms with van der Waals surface area (Å²) in [7, 11) is 0. The monoisotopic (exact) mass is 247 g/mol. The third kappa shape index (κ3) is 4.03. The molecule has 15 heavy (non-hydrogen) atoms. The lowest BCUT2D eigenvalue weighted by Gasteiger charge is -2.11. The molecule has 3 nitrogen and oxygen atoms in total. The zero-order valence-electron chi connectivity index (χ0n) is 9.48. The van der Waals surface area contributed by atoms with Gasteiger partial charge in [-0.25, -0.2) is 9.67 Å². The maximum atomic E-state index is 5.69. The van der Waals surface area contributed by atoms with Gasteiger partial charge in [0.05, 0.1) is 5.75 Å². The molecule has 0 aliphatic heterocycles. The van der Waals surface area contributed by atoms with Crippen LogP contribution in [-0.2, 0) is 5.75 Å². The fraction of sp³-hybridized carbons (Fsp3) is 0.800. The van der Waals surface area contributed by atoms with Crippen molar-refractivity contribution < 1.29 is 0 Å². The van der Waals surface area contributed by atoms with Crippen molar-refractivity contribution in [2.75, 3.05) is 5.88 Å². The Kier molecular flexibility index (Phi) is 5.47. The summed E-state index contributed by atoms with van der Waals surface area (Å²) in [5.41, 5.74) is 0. The molecule has 0 amide bonds. The van der Waals surface area contributed by atoms with E-state index >= 15 is 0 Å². The van der Waals surface area contributed by atoms with E-state index in [9.17, 15) is 0 Å². The van der Waals surface area contributed by atoms with Crippen molar-refractivity contribution in [3.63, 3.8) is 0 Å². The second-order valence-corrected chi connectivity index (χ2v) is 5.62. The van der Waals surface area contributed by atoms with E-state index in [0.717, 1.165) is 23.9 Å². The summed E-state index contributed by atoms with van der Waals surface area (Å²) in [5, 5.41) is 4.79. The molecular weight excluding hydrogens is 230 g/mol. The van der Waals surface area contributed by atoms with E-state index in [1.54, 1.807) is 6.33 Å². The number of hydrogen-bond acceptors (Lipinski definition) is 3. The Hall–Kier alpha value is -0.220. The Morgan fingerprint density at radius 3 is 2.80 bits per heavy atom. The minimum Gasteiger partial charge on any atom is -0.247 e. The second kappa shape index (κ2) is 6.38. The highest BCUT2D eigenvalue weighted by Gasteiger charge is 2.09. The molecule has 0 saturated carbocycles. The van der Waals surface area contributed by atoms with Gasteiger partial charge in [0.15, 0.2) is 0 Å². The minimum atomic E-state index is 0.381. The first-order chi connectivity index (χ1) is 7.15. The zero-order chi connectivity index (χ0) is 11.3. The number of nitrogens with zero attached hydrogens (tertiary/aromatic N) is 3. The van der Waals surface area contributed by atoms with Crippen molar-refractivity contribution in [2.45, 2.75) is 44.2 Å². The van der Waals surface area contributed by atoms with Gasteiger partial charge in [0.25, 0.3) is 0 Å². The van der Waals surface area contributed by atoms with Crippen molar-refractivity contribution in [1.82, 2.24) is 14.8 Å². The largest absolute Gasteiger partial charge is 0.247 e. The van der Waals surface area contributed by atoms with E-state index in [1.807, 2.05) is 16.4 Å². The van der Waals surface area contributed by atoms with Crippen LogP contribution in [0.5, 0.6) is 0 Å². The molecule has 1 heterocycles. The van der Waals surface area contributed by atoms with Gasteiger partial charge in [-0.1, -0.05) is 6.92 Å². The minimum absolute atomic E-state index is 0.381. The fourth-order valence-corrected chi connectivity index (χ4v) is 2.64. The zero-order valence-corrected chi connectivity index (χ0v) is 11.1. The van der Waals surface area contributed by atoms with Gasteiger partial charge in [-0.05, 0) is 20.3 Å². The molecule has 0 aliphatic rings. The van der Waals surface area contributed by atoms with Crippen molar-refractivity contribution in [1.29, 1.82) is 0 Å². The van der Waals surface area contributed by atoms with Crippen LogP contribution >= 0.6 is 23.4 Å². The van der Waals surface area contributed by atoms with Gasteiger partial charge in [0, 0.05) is 17.2 Å². The van der Waals surface area contributed by atoms with Gasteiger partial charge in [0.1, 0.15) is 12.2 Å². The standard InChI is InChI=1S/C10H18ClN3S/c1-8(2)14-10(12-7-13-14)6-15-9(3)4-5-11/h7-9H,4-6H2,1-3H3. The molecule has 0 aliphatic carbocycles. The number of hydrogen-bond donors (Lipinski definition) is 0. The first-order valence-electron chi connectivity index (χ1n) is 5.21. The van der Waals surface area contributed by atoms with Crippen LogP contribution in [0.15, 0.2) is 6.33 Å². The summed E-state index contributed by atoms with van der Waals surface area (Å²) >= 11 is 7.57. The molecular formula is C10H18ClN3S. The van der Waals surface area contributed by atoms with E-state index in [-0.39, 0.29) is 0 Å². The molecule has 1 aromatic rings. The molecule has 0 N–H and O–H groups in total.